The number of allylic oxidation sites excluding steroid dienone is 1. The molecule has 1 N–H and O–H groups in total. The van der Waals surface area contributed by atoms with Crippen LogP contribution in [0.5, 0.6) is 17.2 Å². The number of rotatable bonds is 12. The molecule has 0 saturated heterocycles. The average molecular weight is 500 g/mol. The first-order valence-corrected chi connectivity index (χ1v) is 12.4. The van der Waals surface area contributed by atoms with E-state index in [1.165, 1.54) is 0 Å². The minimum Gasteiger partial charge on any atom is -0.497 e. The molecule has 3 aromatic carbocycles. The van der Waals surface area contributed by atoms with E-state index in [1.807, 2.05) is 61.5 Å². The van der Waals surface area contributed by atoms with Crippen molar-refractivity contribution in [3.05, 3.63) is 89.8 Å². The Morgan fingerprint density at radius 3 is 2.68 bits per heavy atom. The quantitative estimate of drug-likeness (QED) is 0.260. The summed E-state index contributed by atoms with van der Waals surface area (Å²) in [4.78, 5) is 17.4. The molecule has 0 saturated carbocycles. The van der Waals surface area contributed by atoms with Gasteiger partial charge in [0.25, 0.3) is 5.91 Å². The maximum atomic E-state index is 12.6. The highest BCUT2D eigenvalue weighted by atomic mass is 16.5. The van der Waals surface area contributed by atoms with Crippen LogP contribution in [-0.2, 0) is 13.0 Å². The largest absolute Gasteiger partial charge is 0.497 e. The number of aryl methyl sites for hydroxylation is 1. The fourth-order valence-corrected chi connectivity index (χ4v) is 4.22. The molecule has 0 fully saturated rings. The Morgan fingerprint density at radius 2 is 1.86 bits per heavy atom. The second kappa shape index (κ2) is 12.6. The van der Waals surface area contributed by atoms with E-state index in [1.54, 1.807) is 32.4 Å². The predicted octanol–water partition coefficient (Wildman–Crippen LogP) is 5.53. The van der Waals surface area contributed by atoms with Gasteiger partial charge in [0, 0.05) is 25.1 Å². The first-order chi connectivity index (χ1) is 18.1. The van der Waals surface area contributed by atoms with E-state index in [9.17, 15) is 4.79 Å². The van der Waals surface area contributed by atoms with Crippen LogP contribution in [0.1, 0.15) is 35.1 Å². The molecule has 4 aromatic rings. The second-order valence-corrected chi connectivity index (χ2v) is 8.52. The molecule has 7 heteroatoms. The van der Waals surface area contributed by atoms with Crippen LogP contribution in [-0.4, -0.2) is 42.8 Å². The van der Waals surface area contributed by atoms with Crippen molar-refractivity contribution < 1.29 is 19.0 Å². The number of para-hydroxylation sites is 2. The molecular weight excluding hydrogens is 466 g/mol. The summed E-state index contributed by atoms with van der Waals surface area (Å²) in [6.07, 6.45) is 5.43. The summed E-state index contributed by atoms with van der Waals surface area (Å²) < 4.78 is 19.0. The Balaban J connectivity index is 1.38. The minimum atomic E-state index is -0.135. The highest BCUT2D eigenvalue weighted by molar-refractivity contribution is 5.94. The molecule has 0 spiro atoms. The van der Waals surface area contributed by atoms with E-state index in [0.29, 0.717) is 30.9 Å². The lowest BCUT2D eigenvalue weighted by Crippen LogP contribution is -2.26. The van der Waals surface area contributed by atoms with E-state index < -0.39 is 0 Å². The number of aromatic nitrogens is 2. The normalized spacial score (nSPS) is 11.1. The maximum absolute atomic E-state index is 12.6. The Bertz CT molecular complexity index is 1380. The first-order valence-electron chi connectivity index (χ1n) is 12.4. The van der Waals surface area contributed by atoms with Crippen LogP contribution in [0.3, 0.4) is 0 Å². The third kappa shape index (κ3) is 6.50. The molecule has 0 aliphatic carbocycles. The van der Waals surface area contributed by atoms with Gasteiger partial charge in [-0.25, -0.2) is 4.98 Å². The average Bonchev–Trinajstić information content (AvgIpc) is 3.28. The first kappa shape index (κ1) is 25.8. The van der Waals surface area contributed by atoms with E-state index in [0.717, 1.165) is 46.9 Å². The van der Waals surface area contributed by atoms with Crippen LogP contribution in [0.4, 0.5) is 0 Å². The number of nitrogens with one attached hydrogen (secondary N) is 1. The van der Waals surface area contributed by atoms with Crippen molar-refractivity contribution in [2.75, 3.05) is 27.4 Å². The maximum Gasteiger partial charge on any atom is 0.251 e. The zero-order valence-corrected chi connectivity index (χ0v) is 21.6. The number of carbonyl (C=O) groups excluding carboxylic acids is 1. The van der Waals surface area contributed by atoms with E-state index in [-0.39, 0.29) is 5.91 Å². The van der Waals surface area contributed by atoms with E-state index >= 15 is 0 Å². The Kier molecular flexibility index (Phi) is 8.81. The minimum absolute atomic E-state index is 0.135. The molecule has 0 unspecified atom stereocenters. The Morgan fingerprint density at radius 1 is 1.00 bits per heavy atom. The van der Waals surface area contributed by atoms with Gasteiger partial charge in [-0.3, -0.25) is 4.79 Å². The third-order valence-corrected chi connectivity index (χ3v) is 6.03. The van der Waals surface area contributed by atoms with E-state index in [2.05, 4.69) is 16.0 Å². The van der Waals surface area contributed by atoms with Crippen molar-refractivity contribution in [2.24, 2.45) is 0 Å². The molecule has 4 rings (SSSR count). The molecule has 192 valence electrons. The number of hydrogen-bond donors (Lipinski definition) is 1. The highest BCUT2D eigenvalue weighted by Crippen LogP contribution is 2.29. The summed E-state index contributed by atoms with van der Waals surface area (Å²) in [5.74, 6) is 2.90. The van der Waals surface area contributed by atoms with Crippen LogP contribution in [0.2, 0.25) is 0 Å². The second-order valence-electron chi connectivity index (χ2n) is 8.52. The van der Waals surface area contributed by atoms with Crippen LogP contribution in [0.15, 0.2) is 72.8 Å². The number of hydrogen-bond acceptors (Lipinski definition) is 5. The van der Waals surface area contributed by atoms with Crippen molar-refractivity contribution in [1.29, 1.82) is 0 Å². The number of nitrogens with zero attached hydrogens (tertiary/aromatic N) is 2. The van der Waals surface area contributed by atoms with Gasteiger partial charge in [-0.1, -0.05) is 36.4 Å². The number of benzene rings is 3. The van der Waals surface area contributed by atoms with Gasteiger partial charge >= 0.3 is 0 Å². The SMILES string of the molecule is C/C=C/c1ccc(OCCCn2c(CCNC(=O)c3cccc(OC)c3)nc3ccccc32)c(OC)c1. The molecule has 0 bridgehead atoms. The van der Waals surface area contributed by atoms with Gasteiger partial charge in [0.2, 0.25) is 0 Å². The number of imidazole rings is 1. The topological polar surface area (TPSA) is 74.6 Å². The van der Waals surface area contributed by atoms with Crippen LogP contribution >= 0.6 is 0 Å². The summed E-state index contributed by atoms with van der Waals surface area (Å²) >= 11 is 0. The van der Waals surface area contributed by atoms with Crippen LogP contribution < -0.4 is 19.5 Å². The fraction of sp³-hybridized carbons (Fsp3) is 0.267. The number of amides is 1. The van der Waals surface area contributed by atoms with Crippen LogP contribution in [0.25, 0.3) is 17.1 Å². The summed E-state index contributed by atoms with van der Waals surface area (Å²) in [6.45, 7) is 3.75. The number of fused-ring (bicyclic) bond motifs is 1. The van der Waals surface area contributed by atoms with Gasteiger partial charge < -0.3 is 24.1 Å². The molecular formula is C30H33N3O4. The lowest BCUT2D eigenvalue weighted by Gasteiger charge is -2.13. The van der Waals surface area contributed by atoms with Gasteiger partial charge in [0.05, 0.1) is 31.9 Å². The van der Waals surface area contributed by atoms with Crippen molar-refractivity contribution >= 4 is 23.0 Å². The zero-order chi connectivity index (χ0) is 26.0. The summed E-state index contributed by atoms with van der Waals surface area (Å²) in [7, 11) is 3.24. The molecule has 1 amide bonds. The summed E-state index contributed by atoms with van der Waals surface area (Å²) in [6, 6.07) is 21.1. The number of methoxy groups -OCH3 is 2. The third-order valence-electron chi connectivity index (χ3n) is 6.03. The van der Waals surface area contributed by atoms with Crippen molar-refractivity contribution in [3.63, 3.8) is 0 Å². The zero-order valence-electron chi connectivity index (χ0n) is 21.6. The lowest BCUT2D eigenvalue weighted by atomic mass is 10.2. The van der Waals surface area contributed by atoms with Gasteiger partial charge in [0.1, 0.15) is 11.6 Å². The lowest BCUT2D eigenvalue weighted by molar-refractivity contribution is 0.0953. The molecule has 37 heavy (non-hydrogen) atoms. The Hall–Kier alpha value is -4.26. The fourth-order valence-electron chi connectivity index (χ4n) is 4.22. The van der Waals surface area contributed by atoms with E-state index in [4.69, 9.17) is 19.2 Å². The molecule has 7 nitrogen and oxygen atoms in total. The van der Waals surface area contributed by atoms with Crippen molar-refractivity contribution in [1.82, 2.24) is 14.9 Å². The van der Waals surface area contributed by atoms with Crippen molar-refractivity contribution in [2.45, 2.75) is 26.3 Å². The summed E-state index contributed by atoms with van der Waals surface area (Å²) in [5.41, 5.74) is 3.66. The van der Waals surface area contributed by atoms with Gasteiger partial charge in [-0.2, -0.15) is 0 Å². The standard InChI is InChI=1S/C30H33N3O4/c1-4-9-22-14-15-27(28(20-22)36-3)37-19-8-18-33-26-13-6-5-12-25(26)32-29(33)16-17-31-30(34)23-10-7-11-24(21-23)35-2/h4-7,9-15,20-21H,8,16-19H2,1-3H3,(H,31,34)/b9-4+. The molecule has 0 radical (unpaired) electrons. The molecule has 0 aliphatic rings. The molecule has 0 atom stereocenters. The van der Waals surface area contributed by atoms with Crippen LogP contribution in [0, 0.1) is 0 Å². The predicted molar refractivity (Wildman–Crippen MR) is 147 cm³/mol. The van der Waals surface area contributed by atoms with Crippen molar-refractivity contribution in [3.8, 4) is 17.2 Å². The highest BCUT2D eigenvalue weighted by Gasteiger charge is 2.12. The molecule has 1 aromatic heterocycles. The smallest absolute Gasteiger partial charge is 0.251 e. The molecule has 1 heterocycles. The van der Waals surface area contributed by atoms with Gasteiger partial charge in [0.15, 0.2) is 11.5 Å². The number of carbonyl (C=O) groups is 1. The number of ether oxygens (including phenoxy) is 3. The van der Waals surface area contributed by atoms with Gasteiger partial charge in [-0.05, 0) is 61.4 Å². The van der Waals surface area contributed by atoms with Gasteiger partial charge in [-0.15, -0.1) is 0 Å². The Labute approximate surface area is 217 Å². The summed E-state index contributed by atoms with van der Waals surface area (Å²) in [5, 5.41) is 2.99. The monoisotopic (exact) mass is 499 g/mol. The molecule has 0 aliphatic heterocycles.